The molecule has 0 atom stereocenters. The summed E-state index contributed by atoms with van der Waals surface area (Å²) >= 11 is 1.38. The maximum absolute atomic E-state index is 13.1. The largest absolute Gasteiger partial charge is 0.365 e. The van der Waals surface area contributed by atoms with Crippen LogP contribution in [0.3, 0.4) is 0 Å². The number of primary amides is 1. The summed E-state index contributed by atoms with van der Waals surface area (Å²) in [5.41, 5.74) is 8.55. The molecule has 0 aliphatic carbocycles. The number of nitrogens with two attached hydrogens (primary N) is 1. The number of halogens is 1. The summed E-state index contributed by atoms with van der Waals surface area (Å²) in [4.78, 5) is 29.0. The SMILES string of the molecule is Cl.NC(=O)c1c(NC(=O)c2ccc(S(=O)(=O)N3CCCCCC3)cc2)sc2c1CCN(Cc1ccccc1)C2. The molecule has 0 saturated carbocycles. The Labute approximate surface area is 239 Å². The van der Waals surface area contributed by atoms with Gasteiger partial charge in [-0.15, -0.1) is 23.7 Å². The molecule has 2 amide bonds. The van der Waals surface area contributed by atoms with Crippen LogP contribution in [0.15, 0.2) is 59.5 Å². The second-order valence-corrected chi connectivity index (χ2v) is 12.9. The van der Waals surface area contributed by atoms with Gasteiger partial charge >= 0.3 is 0 Å². The van der Waals surface area contributed by atoms with E-state index < -0.39 is 21.8 Å². The van der Waals surface area contributed by atoms with Gasteiger partial charge in [0.1, 0.15) is 5.00 Å². The number of sulfonamides is 1. The Morgan fingerprint density at radius 3 is 2.23 bits per heavy atom. The Hall–Kier alpha value is -2.76. The minimum Gasteiger partial charge on any atom is -0.365 e. The molecular weight excluding hydrogens is 556 g/mol. The summed E-state index contributed by atoms with van der Waals surface area (Å²) in [6, 6.07) is 16.2. The average Bonchev–Trinajstić information content (AvgIpc) is 3.06. The van der Waals surface area contributed by atoms with E-state index in [2.05, 4.69) is 22.3 Å². The molecule has 1 saturated heterocycles. The molecule has 0 bridgehead atoms. The van der Waals surface area contributed by atoms with E-state index in [-0.39, 0.29) is 17.3 Å². The standard InChI is InChI=1S/C28H32N4O4S2.ClH/c29-26(33)25-23-14-17-31(18-20-8-4-3-5-9-20)19-24(23)37-28(25)30-27(34)21-10-12-22(13-11-21)38(35,36)32-15-6-1-2-7-16-32;/h3-5,8-13H,1-2,6-7,14-19H2,(H2,29,33)(H,30,34);1H. The fourth-order valence-electron chi connectivity index (χ4n) is 5.17. The maximum atomic E-state index is 13.1. The van der Waals surface area contributed by atoms with Gasteiger partial charge in [-0.05, 0) is 54.7 Å². The number of carbonyl (C=O) groups excluding carboxylic acids is 2. The van der Waals surface area contributed by atoms with E-state index in [9.17, 15) is 18.0 Å². The number of nitrogens with one attached hydrogen (secondary N) is 1. The second kappa shape index (κ2) is 12.6. The van der Waals surface area contributed by atoms with E-state index >= 15 is 0 Å². The van der Waals surface area contributed by atoms with Gasteiger partial charge in [0, 0.05) is 43.2 Å². The number of anilines is 1. The predicted molar refractivity (Wildman–Crippen MR) is 156 cm³/mol. The smallest absolute Gasteiger partial charge is 0.256 e. The summed E-state index contributed by atoms with van der Waals surface area (Å²) in [6.07, 6.45) is 4.47. The van der Waals surface area contributed by atoms with Crippen LogP contribution in [0.25, 0.3) is 0 Å². The Morgan fingerprint density at radius 2 is 1.59 bits per heavy atom. The van der Waals surface area contributed by atoms with Crippen molar-refractivity contribution in [3.05, 3.63) is 81.7 Å². The van der Waals surface area contributed by atoms with E-state index in [1.807, 2.05) is 18.2 Å². The Morgan fingerprint density at radius 1 is 0.923 bits per heavy atom. The van der Waals surface area contributed by atoms with Crippen molar-refractivity contribution in [1.82, 2.24) is 9.21 Å². The molecule has 39 heavy (non-hydrogen) atoms. The molecule has 0 radical (unpaired) electrons. The molecule has 3 aromatic rings. The minimum absolute atomic E-state index is 0. The molecule has 1 fully saturated rings. The van der Waals surface area contributed by atoms with Gasteiger partial charge in [0.2, 0.25) is 10.0 Å². The zero-order chi connectivity index (χ0) is 26.7. The molecule has 5 rings (SSSR count). The third-order valence-electron chi connectivity index (χ3n) is 7.18. The van der Waals surface area contributed by atoms with Gasteiger partial charge < -0.3 is 11.1 Å². The van der Waals surface area contributed by atoms with Crippen molar-refractivity contribution in [2.75, 3.05) is 25.0 Å². The lowest BCUT2D eigenvalue weighted by molar-refractivity contribution is 0.0999. The summed E-state index contributed by atoms with van der Waals surface area (Å²) in [5.74, 6) is -0.973. The van der Waals surface area contributed by atoms with Crippen LogP contribution in [0.4, 0.5) is 5.00 Å². The van der Waals surface area contributed by atoms with Gasteiger partial charge in [-0.2, -0.15) is 4.31 Å². The summed E-state index contributed by atoms with van der Waals surface area (Å²) in [6.45, 7) is 3.31. The first-order chi connectivity index (χ1) is 18.3. The highest BCUT2D eigenvalue weighted by Crippen LogP contribution is 2.37. The predicted octanol–water partition coefficient (Wildman–Crippen LogP) is 4.64. The monoisotopic (exact) mass is 588 g/mol. The van der Waals surface area contributed by atoms with Crippen molar-refractivity contribution in [1.29, 1.82) is 0 Å². The number of hydrogen-bond acceptors (Lipinski definition) is 6. The van der Waals surface area contributed by atoms with Crippen molar-refractivity contribution < 1.29 is 18.0 Å². The molecule has 0 unspecified atom stereocenters. The molecule has 2 aromatic carbocycles. The molecule has 2 aliphatic heterocycles. The van der Waals surface area contributed by atoms with Crippen molar-refractivity contribution in [3.63, 3.8) is 0 Å². The van der Waals surface area contributed by atoms with Crippen molar-refractivity contribution >= 4 is 50.6 Å². The van der Waals surface area contributed by atoms with E-state index in [0.29, 0.717) is 42.2 Å². The Bertz CT molecular complexity index is 1420. The summed E-state index contributed by atoms with van der Waals surface area (Å²) < 4.78 is 27.6. The van der Waals surface area contributed by atoms with Gasteiger partial charge in [-0.25, -0.2) is 8.42 Å². The number of amides is 2. The van der Waals surface area contributed by atoms with E-state index in [1.165, 1.54) is 45.5 Å². The van der Waals surface area contributed by atoms with E-state index in [0.717, 1.165) is 49.2 Å². The highest BCUT2D eigenvalue weighted by Gasteiger charge is 2.29. The molecule has 3 heterocycles. The van der Waals surface area contributed by atoms with Gasteiger partial charge in [0.15, 0.2) is 0 Å². The van der Waals surface area contributed by atoms with Gasteiger partial charge in [-0.1, -0.05) is 43.2 Å². The summed E-state index contributed by atoms with van der Waals surface area (Å²) in [5, 5.41) is 3.30. The zero-order valence-corrected chi connectivity index (χ0v) is 24.0. The number of fused-ring (bicyclic) bond motifs is 1. The average molecular weight is 589 g/mol. The molecule has 0 spiro atoms. The number of rotatable bonds is 7. The third-order valence-corrected chi connectivity index (χ3v) is 10.2. The first-order valence-electron chi connectivity index (χ1n) is 12.9. The highest BCUT2D eigenvalue weighted by atomic mass is 35.5. The van der Waals surface area contributed by atoms with Crippen LogP contribution in [-0.2, 0) is 29.5 Å². The van der Waals surface area contributed by atoms with Gasteiger partial charge in [0.05, 0.1) is 10.5 Å². The lowest BCUT2D eigenvalue weighted by Crippen LogP contribution is -2.31. The highest BCUT2D eigenvalue weighted by molar-refractivity contribution is 7.89. The molecular formula is C28H33ClN4O4S2. The number of benzene rings is 2. The van der Waals surface area contributed by atoms with E-state index in [1.54, 1.807) is 0 Å². The van der Waals surface area contributed by atoms with Crippen molar-refractivity contribution in [2.24, 2.45) is 5.73 Å². The lowest BCUT2D eigenvalue weighted by atomic mass is 10.0. The molecule has 2 aliphatic rings. The first kappa shape index (κ1) is 29.2. The second-order valence-electron chi connectivity index (χ2n) is 9.82. The van der Waals surface area contributed by atoms with Crippen LogP contribution >= 0.6 is 23.7 Å². The van der Waals surface area contributed by atoms with Crippen LogP contribution in [0.2, 0.25) is 0 Å². The first-order valence-corrected chi connectivity index (χ1v) is 15.2. The Balaban J connectivity index is 0.00000353. The van der Waals surface area contributed by atoms with Crippen LogP contribution in [0.1, 0.15) is 62.4 Å². The third kappa shape index (κ3) is 6.53. The van der Waals surface area contributed by atoms with Crippen LogP contribution < -0.4 is 11.1 Å². The van der Waals surface area contributed by atoms with Crippen molar-refractivity contribution in [2.45, 2.75) is 50.1 Å². The topological polar surface area (TPSA) is 113 Å². The summed E-state index contributed by atoms with van der Waals surface area (Å²) in [7, 11) is -3.60. The van der Waals surface area contributed by atoms with Gasteiger partial charge in [-0.3, -0.25) is 14.5 Å². The number of thiophene rings is 1. The van der Waals surface area contributed by atoms with Gasteiger partial charge in [0.25, 0.3) is 11.8 Å². The molecule has 11 heteroatoms. The maximum Gasteiger partial charge on any atom is 0.256 e. The Kier molecular flexibility index (Phi) is 9.45. The molecule has 1 aromatic heterocycles. The van der Waals surface area contributed by atoms with Crippen molar-refractivity contribution in [3.8, 4) is 0 Å². The zero-order valence-electron chi connectivity index (χ0n) is 21.6. The number of hydrogen-bond donors (Lipinski definition) is 2. The number of nitrogens with zero attached hydrogens (tertiary/aromatic N) is 2. The minimum atomic E-state index is -3.60. The quantitative estimate of drug-likeness (QED) is 0.417. The lowest BCUT2D eigenvalue weighted by Gasteiger charge is -2.27. The fraction of sp³-hybridized carbons (Fsp3) is 0.357. The van der Waals surface area contributed by atoms with Crippen LogP contribution in [0.5, 0.6) is 0 Å². The molecule has 8 nitrogen and oxygen atoms in total. The normalized spacial score (nSPS) is 16.5. The van der Waals surface area contributed by atoms with E-state index in [4.69, 9.17) is 5.73 Å². The fourth-order valence-corrected chi connectivity index (χ4v) is 7.97. The molecule has 208 valence electrons. The number of carbonyl (C=O) groups is 2. The van der Waals surface area contributed by atoms with Crippen LogP contribution in [-0.4, -0.2) is 49.1 Å². The molecule has 3 N–H and O–H groups in total. The van der Waals surface area contributed by atoms with Crippen LogP contribution in [0, 0.1) is 0 Å².